The normalized spacial score (nSPS) is 11.1. The Labute approximate surface area is 131 Å². The van der Waals surface area contributed by atoms with E-state index >= 15 is 0 Å². The number of aromatic nitrogens is 1. The Balaban J connectivity index is 1.67. The Morgan fingerprint density at radius 2 is 2.05 bits per heavy atom. The van der Waals surface area contributed by atoms with Crippen LogP contribution in [-0.2, 0) is 0 Å². The average molecular weight is 318 g/mol. The summed E-state index contributed by atoms with van der Waals surface area (Å²) in [5, 5.41) is 7.51. The molecule has 0 fully saturated rings. The maximum Gasteiger partial charge on any atom is 0.203 e. The van der Waals surface area contributed by atoms with Crippen molar-refractivity contribution in [1.29, 1.82) is 0 Å². The van der Waals surface area contributed by atoms with Crippen LogP contribution in [0.5, 0.6) is 0 Å². The molecule has 1 aromatic carbocycles. The van der Waals surface area contributed by atoms with Gasteiger partial charge in [-0.15, -0.1) is 11.3 Å². The van der Waals surface area contributed by atoms with E-state index < -0.39 is 0 Å². The van der Waals surface area contributed by atoms with Gasteiger partial charge < -0.3 is 4.42 Å². The van der Waals surface area contributed by atoms with Crippen molar-refractivity contribution in [3.05, 3.63) is 58.3 Å². The topological polar surface area (TPSA) is 50.4 Å². The van der Waals surface area contributed by atoms with Gasteiger partial charge in [0.15, 0.2) is 0 Å². The van der Waals surface area contributed by atoms with Crippen LogP contribution in [0.4, 0.5) is 5.13 Å². The van der Waals surface area contributed by atoms with E-state index in [1.807, 2.05) is 48.7 Å². The molecular weight excluding hydrogens is 306 g/mol. The number of furan rings is 1. The molecule has 6 heteroatoms. The highest BCUT2D eigenvalue weighted by Gasteiger charge is 2.03. The lowest BCUT2D eigenvalue weighted by Gasteiger charge is -1.96. The van der Waals surface area contributed by atoms with Crippen LogP contribution >= 0.6 is 22.9 Å². The fourth-order valence-corrected chi connectivity index (χ4v) is 2.55. The minimum absolute atomic E-state index is 0.703. The van der Waals surface area contributed by atoms with Crippen molar-refractivity contribution in [3.63, 3.8) is 0 Å². The maximum atomic E-state index is 5.87. The van der Waals surface area contributed by atoms with Crippen molar-refractivity contribution < 1.29 is 4.42 Å². The fourth-order valence-electron chi connectivity index (χ4n) is 1.75. The van der Waals surface area contributed by atoms with Crippen LogP contribution in [-0.4, -0.2) is 11.2 Å². The molecule has 2 heterocycles. The minimum atomic E-state index is 0.703. The van der Waals surface area contributed by atoms with E-state index in [4.69, 9.17) is 16.0 Å². The number of benzene rings is 1. The van der Waals surface area contributed by atoms with Crippen LogP contribution in [0.1, 0.15) is 11.5 Å². The van der Waals surface area contributed by atoms with E-state index in [2.05, 4.69) is 15.5 Å². The highest BCUT2D eigenvalue weighted by molar-refractivity contribution is 7.14. The molecule has 21 heavy (non-hydrogen) atoms. The van der Waals surface area contributed by atoms with Crippen LogP contribution in [0.2, 0.25) is 5.02 Å². The molecule has 0 bridgehead atoms. The van der Waals surface area contributed by atoms with Crippen LogP contribution in [0.25, 0.3) is 11.3 Å². The Morgan fingerprint density at radius 3 is 2.76 bits per heavy atom. The van der Waals surface area contributed by atoms with Crippen molar-refractivity contribution in [2.45, 2.75) is 6.92 Å². The Morgan fingerprint density at radius 1 is 1.24 bits per heavy atom. The zero-order chi connectivity index (χ0) is 14.7. The van der Waals surface area contributed by atoms with Gasteiger partial charge >= 0.3 is 0 Å². The summed E-state index contributed by atoms with van der Waals surface area (Å²) in [6.07, 6.45) is 1.62. The highest BCUT2D eigenvalue weighted by Crippen LogP contribution is 2.25. The second kappa shape index (κ2) is 6.11. The van der Waals surface area contributed by atoms with Gasteiger partial charge in [-0.2, -0.15) is 5.10 Å². The molecule has 0 unspecified atom stereocenters. The van der Waals surface area contributed by atoms with Crippen molar-refractivity contribution in [1.82, 2.24) is 4.98 Å². The van der Waals surface area contributed by atoms with Gasteiger partial charge in [-0.1, -0.05) is 23.7 Å². The lowest BCUT2D eigenvalue weighted by atomic mass is 10.2. The van der Waals surface area contributed by atoms with E-state index in [1.165, 1.54) is 11.3 Å². The molecule has 0 aliphatic carbocycles. The van der Waals surface area contributed by atoms with Gasteiger partial charge in [-0.25, -0.2) is 4.98 Å². The number of halogens is 1. The van der Waals surface area contributed by atoms with Crippen molar-refractivity contribution >= 4 is 34.3 Å². The van der Waals surface area contributed by atoms with Gasteiger partial charge in [-0.05, 0) is 31.2 Å². The lowest BCUT2D eigenvalue weighted by molar-refractivity contribution is 0.528. The largest absolute Gasteiger partial charge is 0.460 e. The highest BCUT2D eigenvalue weighted by atomic mass is 35.5. The summed E-state index contributed by atoms with van der Waals surface area (Å²) in [5.41, 5.74) is 4.81. The molecule has 4 nitrogen and oxygen atoms in total. The molecule has 0 saturated heterocycles. The van der Waals surface area contributed by atoms with Gasteiger partial charge in [0.2, 0.25) is 5.13 Å². The predicted octanol–water partition coefficient (Wildman–Crippen LogP) is 4.81. The molecule has 0 saturated carbocycles. The molecule has 0 radical (unpaired) electrons. The molecule has 2 aromatic heterocycles. The van der Waals surface area contributed by atoms with Crippen molar-refractivity contribution in [3.8, 4) is 11.3 Å². The number of hydrogen-bond donors (Lipinski definition) is 1. The average Bonchev–Trinajstić information content (AvgIpc) is 3.09. The third-order valence-electron chi connectivity index (χ3n) is 2.76. The SMILES string of the molecule is Cc1ccc(C=NNc2nc(-c3ccc(Cl)cc3)cs2)o1. The quantitative estimate of drug-likeness (QED) is 0.555. The zero-order valence-electron chi connectivity index (χ0n) is 11.2. The molecule has 0 aliphatic heterocycles. The third kappa shape index (κ3) is 3.51. The van der Waals surface area contributed by atoms with E-state index in [1.54, 1.807) is 6.21 Å². The van der Waals surface area contributed by atoms with Crippen LogP contribution in [0.3, 0.4) is 0 Å². The molecule has 3 rings (SSSR count). The Bertz CT molecular complexity index is 761. The molecule has 0 spiro atoms. The number of hydrogen-bond acceptors (Lipinski definition) is 5. The fraction of sp³-hybridized carbons (Fsp3) is 0.0667. The number of aryl methyl sites for hydroxylation is 1. The smallest absolute Gasteiger partial charge is 0.203 e. The van der Waals surface area contributed by atoms with Crippen molar-refractivity contribution in [2.24, 2.45) is 5.10 Å². The Hall–Kier alpha value is -2.11. The lowest BCUT2D eigenvalue weighted by Crippen LogP contribution is -1.89. The van der Waals surface area contributed by atoms with Gasteiger partial charge in [-0.3, -0.25) is 5.43 Å². The Kier molecular flexibility index (Phi) is 4.03. The van der Waals surface area contributed by atoms with Gasteiger partial charge in [0.1, 0.15) is 11.5 Å². The summed E-state index contributed by atoms with van der Waals surface area (Å²) in [6.45, 7) is 1.89. The molecule has 0 atom stereocenters. The summed E-state index contributed by atoms with van der Waals surface area (Å²) in [7, 11) is 0. The summed E-state index contributed by atoms with van der Waals surface area (Å²) >= 11 is 7.36. The molecule has 0 amide bonds. The summed E-state index contributed by atoms with van der Waals surface area (Å²) in [4.78, 5) is 4.47. The number of hydrazone groups is 1. The van der Waals surface area contributed by atoms with E-state index in [-0.39, 0.29) is 0 Å². The van der Waals surface area contributed by atoms with E-state index in [0.717, 1.165) is 22.1 Å². The molecule has 3 aromatic rings. The first-order chi connectivity index (χ1) is 10.2. The molecule has 106 valence electrons. The number of nitrogens with zero attached hydrogens (tertiary/aromatic N) is 2. The minimum Gasteiger partial charge on any atom is -0.460 e. The first kappa shape index (κ1) is 13.9. The number of anilines is 1. The number of thiazole rings is 1. The van der Waals surface area contributed by atoms with Crippen LogP contribution in [0, 0.1) is 6.92 Å². The van der Waals surface area contributed by atoms with Gasteiger partial charge in [0, 0.05) is 16.0 Å². The monoisotopic (exact) mass is 317 g/mol. The van der Waals surface area contributed by atoms with Gasteiger partial charge in [0.25, 0.3) is 0 Å². The first-order valence-corrected chi connectivity index (χ1v) is 7.53. The standard InChI is InChI=1S/C15H12ClN3OS/c1-10-2-7-13(20-10)8-17-19-15-18-14(9-21-15)11-3-5-12(16)6-4-11/h2-9H,1H3,(H,18,19). The zero-order valence-corrected chi connectivity index (χ0v) is 12.8. The molecule has 1 N–H and O–H groups in total. The molecule has 0 aliphatic rings. The van der Waals surface area contributed by atoms with E-state index in [9.17, 15) is 0 Å². The third-order valence-corrected chi connectivity index (χ3v) is 3.76. The van der Waals surface area contributed by atoms with Gasteiger partial charge in [0.05, 0.1) is 11.9 Å². The summed E-state index contributed by atoms with van der Waals surface area (Å²) in [6, 6.07) is 11.3. The number of nitrogens with one attached hydrogen (secondary N) is 1. The summed E-state index contributed by atoms with van der Waals surface area (Å²) in [5.74, 6) is 1.56. The van der Waals surface area contributed by atoms with E-state index in [0.29, 0.717) is 10.8 Å². The first-order valence-electron chi connectivity index (χ1n) is 6.28. The second-order valence-electron chi connectivity index (χ2n) is 4.36. The second-order valence-corrected chi connectivity index (χ2v) is 5.66. The predicted molar refractivity (Wildman–Crippen MR) is 87.2 cm³/mol. The van der Waals surface area contributed by atoms with Crippen molar-refractivity contribution in [2.75, 3.05) is 5.43 Å². The molecular formula is C15H12ClN3OS. The number of rotatable bonds is 4. The maximum absolute atomic E-state index is 5.87. The van der Waals surface area contributed by atoms with Crippen LogP contribution in [0.15, 0.2) is 51.3 Å². The summed E-state index contributed by atoms with van der Waals surface area (Å²) < 4.78 is 5.39. The van der Waals surface area contributed by atoms with Crippen LogP contribution < -0.4 is 5.43 Å².